The molecule has 2 nitrogen and oxygen atoms in total. The minimum atomic E-state index is 0.679. The molecule has 0 radical (unpaired) electrons. The molecule has 4 aromatic rings. The highest BCUT2D eigenvalue weighted by molar-refractivity contribution is 5.80. The van der Waals surface area contributed by atoms with Crippen molar-refractivity contribution in [2.45, 2.75) is 6.92 Å². The third-order valence-corrected chi connectivity index (χ3v) is 5.07. The Bertz CT molecular complexity index is 1130. The van der Waals surface area contributed by atoms with Crippen molar-refractivity contribution in [3.63, 3.8) is 0 Å². The Kier molecular flexibility index (Phi) is 6.05. The molecule has 0 amide bonds. The van der Waals surface area contributed by atoms with Gasteiger partial charge in [0, 0.05) is 16.7 Å². The van der Waals surface area contributed by atoms with Crippen LogP contribution in [0.3, 0.4) is 0 Å². The van der Waals surface area contributed by atoms with Gasteiger partial charge in [0.05, 0.1) is 6.61 Å². The minimum absolute atomic E-state index is 0.679. The maximum atomic E-state index is 5.55. The zero-order valence-corrected chi connectivity index (χ0v) is 17.5. The van der Waals surface area contributed by atoms with Crippen LogP contribution in [0, 0.1) is 0 Å². The summed E-state index contributed by atoms with van der Waals surface area (Å²) in [5, 5.41) is 0. The molecule has 4 rings (SSSR count). The summed E-state index contributed by atoms with van der Waals surface area (Å²) >= 11 is 0. The predicted octanol–water partition coefficient (Wildman–Crippen LogP) is 6.41. The molecule has 0 saturated carbocycles. The van der Waals surface area contributed by atoms with Gasteiger partial charge in [-0.1, -0.05) is 66.7 Å². The molecule has 0 N–H and O–H groups in total. The number of benzene rings is 3. The highest BCUT2D eigenvalue weighted by Gasteiger charge is 2.17. The average molecular weight is 393 g/mol. The van der Waals surface area contributed by atoms with E-state index in [1.165, 1.54) is 27.9 Å². The molecule has 0 aliphatic heterocycles. The Morgan fingerprint density at radius 3 is 2.00 bits per heavy atom. The van der Waals surface area contributed by atoms with Crippen LogP contribution in [0.25, 0.3) is 34.5 Å². The van der Waals surface area contributed by atoms with Gasteiger partial charge in [0.25, 0.3) is 0 Å². The normalized spacial score (nSPS) is 11.0. The zero-order valence-electron chi connectivity index (χ0n) is 17.5. The van der Waals surface area contributed by atoms with Crippen molar-refractivity contribution in [2.75, 3.05) is 6.61 Å². The molecule has 0 aliphatic carbocycles. The van der Waals surface area contributed by atoms with Crippen LogP contribution in [0.1, 0.15) is 18.1 Å². The molecular weight excluding hydrogens is 366 g/mol. The first-order valence-corrected chi connectivity index (χ1v) is 10.3. The van der Waals surface area contributed by atoms with E-state index in [1.54, 1.807) is 0 Å². The van der Waals surface area contributed by atoms with Crippen molar-refractivity contribution in [1.29, 1.82) is 0 Å². The van der Waals surface area contributed by atoms with Crippen LogP contribution in [0.4, 0.5) is 0 Å². The van der Waals surface area contributed by atoms with Crippen LogP contribution in [-0.2, 0) is 7.05 Å². The number of aromatic nitrogens is 1. The molecule has 0 unspecified atom stereocenters. The number of nitrogens with zero attached hydrogens (tertiary/aromatic N) is 1. The number of hydrogen-bond donors (Lipinski definition) is 0. The van der Waals surface area contributed by atoms with Crippen molar-refractivity contribution in [2.24, 2.45) is 7.05 Å². The topological polar surface area (TPSA) is 13.1 Å². The van der Waals surface area contributed by atoms with Crippen molar-refractivity contribution < 1.29 is 9.30 Å². The Morgan fingerprint density at radius 1 is 0.733 bits per heavy atom. The van der Waals surface area contributed by atoms with Crippen LogP contribution in [0.15, 0.2) is 97.2 Å². The van der Waals surface area contributed by atoms with Crippen LogP contribution < -0.4 is 9.30 Å². The largest absolute Gasteiger partial charge is 0.494 e. The van der Waals surface area contributed by atoms with Crippen LogP contribution in [0.5, 0.6) is 5.75 Å². The van der Waals surface area contributed by atoms with Gasteiger partial charge in [0.2, 0.25) is 5.69 Å². The van der Waals surface area contributed by atoms with E-state index in [2.05, 4.69) is 109 Å². The van der Waals surface area contributed by atoms with Gasteiger partial charge in [-0.15, -0.1) is 0 Å². The zero-order chi connectivity index (χ0) is 20.8. The number of hydrogen-bond acceptors (Lipinski definition) is 1. The lowest BCUT2D eigenvalue weighted by molar-refractivity contribution is -0.660. The SMILES string of the molecule is CCOc1ccc(/C=C/c2cc(-c3ccccc3)c[n+](C)c2-c2ccccc2)cc1. The molecule has 0 aliphatic rings. The molecule has 0 atom stereocenters. The molecule has 0 fully saturated rings. The molecule has 0 bridgehead atoms. The molecule has 2 heteroatoms. The quantitative estimate of drug-likeness (QED) is 0.345. The Morgan fingerprint density at radius 2 is 1.37 bits per heavy atom. The molecule has 148 valence electrons. The molecular formula is C28H26NO+. The standard InChI is InChI=1S/C28H26NO/c1-3-30-27-18-15-22(16-19-27)14-17-25-20-26(23-10-6-4-7-11-23)21-29(2)28(25)24-12-8-5-9-13-24/h4-21H,3H2,1-2H3/q+1/b17-14+. The maximum absolute atomic E-state index is 5.55. The summed E-state index contributed by atoms with van der Waals surface area (Å²) < 4.78 is 7.77. The van der Waals surface area contributed by atoms with Gasteiger partial charge in [-0.3, -0.25) is 0 Å². The highest BCUT2D eigenvalue weighted by Crippen LogP contribution is 2.27. The van der Waals surface area contributed by atoms with Gasteiger partial charge in [0.15, 0.2) is 6.20 Å². The summed E-state index contributed by atoms with van der Waals surface area (Å²) in [5.74, 6) is 0.900. The molecule has 1 heterocycles. The minimum Gasteiger partial charge on any atom is -0.494 e. The lowest BCUT2D eigenvalue weighted by atomic mass is 9.99. The third kappa shape index (κ3) is 4.49. The van der Waals surface area contributed by atoms with E-state index in [0.29, 0.717) is 6.61 Å². The first-order chi connectivity index (χ1) is 14.7. The van der Waals surface area contributed by atoms with Gasteiger partial charge < -0.3 is 4.74 Å². The molecule has 1 aromatic heterocycles. The fraction of sp³-hybridized carbons (Fsp3) is 0.107. The average Bonchev–Trinajstić information content (AvgIpc) is 2.79. The predicted molar refractivity (Wildman–Crippen MR) is 125 cm³/mol. The van der Waals surface area contributed by atoms with E-state index >= 15 is 0 Å². The van der Waals surface area contributed by atoms with Gasteiger partial charge in [-0.2, -0.15) is 4.57 Å². The van der Waals surface area contributed by atoms with E-state index in [9.17, 15) is 0 Å². The Hall–Kier alpha value is -3.65. The van der Waals surface area contributed by atoms with Crippen molar-refractivity contribution in [3.8, 4) is 28.1 Å². The van der Waals surface area contributed by atoms with Crippen LogP contribution >= 0.6 is 0 Å². The second kappa shape index (κ2) is 9.23. The van der Waals surface area contributed by atoms with Gasteiger partial charge in [-0.05, 0) is 54.5 Å². The monoisotopic (exact) mass is 392 g/mol. The summed E-state index contributed by atoms with van der Waals surface area (Å²) in [4.78, 5) is 0. The maximum Gasteiger partial charge on any atom is 0.219 e. The smallest absolute Gasteiger partial charge is 0.219 e. The number of aryl methyl sites for hydroxylation is 1. The molecule has 0 spiro atoms. The summed E-state index contributed by atoms with van der Waals surface area (Å²) in [5.41, 5.74) is 7.13. The lowest BCUT2D eigenvalue weighted by Gasteiger charge is -2.08. The lowest BCUT2D eigenvalue weighted by Crippen LogP contribution is -2.31. The number of pyridine rings is 1. The highest BCUT2D eigenvalue weighted by atomic mass is 16.5. The second-order valence-corrected chi connectivity index (χ2v) is 7.21. The number of ether oxygens (including phenoxy) is 1. The van der Waals surface area contributed by atoms with Gasteiger partial charge in [0.1, 0.15) is 12.8 Å². The van der Waals surface area contributed by atoms with E-state index < -0.39 is 0 Å². The fourth-order valence-corrected chi connectivity index (χ4v) is 3.66. The summed E-state index contributed by atoms with van der Waals surface area (Å²) in [6, 6.07) is 31.5. The van der Waals surface area contributed by atoms with Gasteiger partial charge >= 0.3 is 0 Å². The van der Waals surface area contributed by atoms with E-state index in [0.717, 1.165) is 11.3 Å². The van der Waals surface area contributed by atoms with Crippen molar-refractivity contribution >= 4 is 12.2 Å². The summed E-state index contributed by atoms with van der Waals surface area (Å²) in [6.07, 6.45) is 6.56. The van der Waals surface area contributed by atoms with E-state index in [1.807, 2.05) is 19.1 Å². The molecule has 0 saturated heterocycles. The molecule has 30 heavy (non-hydrogen) atoms. The Labute approximate surface area is 178 Å². The van der Waals surface area contributed by atoms with Crippen LogP contribution in [-0.4, -0.2) is 6.61 Å². The second-order valence-electron chi connectivity index (χ2n) is 7.21. The van der Waals surface area contributed by atoms with Crippen molar-refractivity contribution in [3.05, 3.63) is 108 Å². The van der Waals surface area contributed by atoms with E-state index in [4.69, 9.17) is 4.74 Å². The number of rotatable bonds is 6. The third-order valence-electron chi connectivity index (χ3n) is 5.07. The summed E-state index contributed by atoms with van der Waals surface area (Å²) in [6.45, 7) is 2.68. The van der Waals surface area contributed by atoms with E-state index in [-0.39, 0.29) is 0 Å². The van der Waals surface area contributed by atoms with Crippen LogP contribution in [0.2, 0.25) is 0 Å². The van der Waals surface area contributed by atoms with Crippen molar-refractivity contribution in [1.82, 2.24) is 0 Å². The Balaban J connectivity index is 1.78. The first kappa shape index (κ1) is 19.7. The first-order valence-electron chi connectivity index (χ1n) is 10.3. The van der Waals surface area contributed by atoms with Gasteiger partial charge in [-0.25, -0.2) is 0 Å². The summed E-state index contributed by atoms with van der Waals surface area (Å²) in [7, 11) is 2.11. The fourth-order valence-electron chi connectivity index (χ4n) is 3.66. The molecule has 3 aromatic carbocycles.